The van der Waals surface area contributed by atoms with Gasteiger partial charge in [-0.15, -0.1) is 0 Å². The topological polar surface area (TPSA) is 97.0 Å². The Morgan fingerprint density at radius 2 is 1.87 bits per heavy atom. The van der Waals surface area contributed by atoms with E-state index < -0.39 is 24.4 Å². The molecule has 3 rings (SSSR count). The molecule has 4 amide bonds. The predicted molar refractivity (Wildman–Crippen MR) is 117 cm³/mol. The Balaban J connectivity index is 1.65. The van der Waals surface area contributed by atoms with Gasteiger partial charge in [0.05, 0.1) is 18.9 Å². The van der Waals surface area contributed by atoms with E-state index >= 15 is 0 Å². The van der Waals surface area contributed by atoms with Crippen LogP contribution in [0, 0.1) is 0 Å². The molecule has 2 aromatic rings. The lowest BCUT2D eigenvalue weighted by Crippen LogP contribution is -2.38. The summed E-state index contributed by atoms with van der Waals surface area (Å²) in [5.74, 6) is 0.128. The fourth-order valence-electron chi connectivity index (χ4n) is 2.92. The number of hydrogen-bond acceptors (Lipinski definition) is 5. The van der Waals surface area contributed by atoms with Gasteiger partial charge in [0.25, 0.3) is 5.91 Å². The summed E-state index contributed by atoms with van der Waals surface area (Å²) in [5, 5.41) is 5.16. The molecule has 0 bridgehead atoms. The number of carbonyl (C=O) groups is 3. The first kappa shape index (κ1) is 21.9. The quantitative estimate of drug-likeness (QED) is 0.501. The second-order valence-electron chi connectivity index (χ2n) is 7.03. The Hall–Kier alpha value is -3.81. The third kappa shape index (κ3) is 5.42. The van der Waals surface area contributed by atoms with Gasteiger partial charge in [0.1, 0.15) is 23.7 Å². The summed E-state index contributed by atoms with van der Waals surface area (Å²) in [5.41, 5.74) is 1.28. The van der Waals surface area contributed by atoms with Crippen LogP contribution in [0.4, 0.5) is 10.5 Å². The summed E-state index contributed by atoms with van der Waals surface area (Å²) in [6.45, 7) is 3.61. The van der Waals surface area contributed by atoms with Crippen molar-refractivity contribution in [3.63, 3.8) is 0 Å². The second kappa shape index (κ2) is 9.80. The molecule has 0 saturated carbocycles. The highest BCUT2D eigenvalue weighted by Gasteiger charge is 2.35. The number of hydrogen-bond donors (Lipinski definition) is 2. The van der Waals surface area contributed by atoms with Gasteiger partial charge in [0.2, 0.25) is 5.91 Å². The highest BCUT2D eigenvalue weighted by atomic mass is 16.5. The van der Waals surface area contributed by atoms with E-state index in [0.29, 0.717) is 11.4 Å². The molecule has 0 aromatic heterocycles. The molecule has 0 aliphatic carbocycles. The van der Waals surface area contributed by atoms with Crippen molar-refractivity contribution in [1.82, 2.24) is 10.2 Å². The molecule has 1 aliphatic rings. The minimum atomic E-state index is -0.650. The lowest BCUT2D eigenvalue weighted by atomic mass is 10.2. The monoisotopic (exact) mass is 423 g/mol. The first-order chi connectivity index (χ1) is 14.9. The molecule has 31 heavy (non-hydrogen) atoms. The van der Waals surface area contributed by atoms with Gasteiger partial charge < -0.3 is 20.1 Å². The Kier molecular flexibility index (Phi) is 6.92. The molecule has 1 atom stereocenters. The van der Waals surface area contributed by atoms with Gasteiger partial charge in [-0.05, 0) is 49.2 Å². The van der Waals surface area contributed by atoms with E-state index in [0.717, 1.165) is 22.6 Å². The van der Waals surface area contributed by atoms with Gasteiger partial charge in [0, 0.05) is 0 Å². The third-order valence-electron chi connectivity index (χ3n) is 4.75. The van der Waals surface area contributed by atoms with E-state index in [1.165, 1.54) is 7.11 Å². The molecule has 1 aliphatic heterocycles. The van der Waals surface area contributed by atoms with Crippen LogP contribution >= 0.6 is 0 Å². The maximum atomic E-state index is 12.6. The number of carbonyl (C=O) groups excluding carboxylic acids is 3. The second-order valence-corrected chi connectivity index (χ2v) is 7.03. The summed E-state index contributed by atoms with van der Waals surface area (Å²) < 4.78 is 10.9. The van der Waals surface area contributed by atoms with Crippen molar-refractivity contribution in [3.05, 3.63) is 59.8 Å². The SMILES string of the molecule is CC[C@H](C)Oc1ccc(/C=C2/NC(=O)N(CC(=O)Nc3ccccc3OC)C2=O)cc1. The third-order valence-corrected chi connectivity index (χ3v) is 4.75. The van der Waals surface area contributed by atoms with Crippen LogP contribution in [-0.4, -0.2) is 42.5 Å². The molecular formula is C23H25N3O5. The van der Waals surface area contributed by atoms with Crippen LogP contribution in [0.15, 0.2) is 54.2 Å². The first-order valence-corrected chi connectivity index (χ1v) is 9.95. The summed E-state index contributed by atoms with van der Waals surface area (Å²) in [4.78, 5) is 38.1. The van der Waals surface area contributed by atoms with Gasteiger partial charge in [0.15, 0.2) is 0 Å². The Morgan fingerprint density at radius 1 is 1.16 bits per heavy atom. The maximum Gasteiger partial charge on any atom is 0.329 e. The predicted octanol–water partition coefficient (Wildman–Crippen LogP) is 3.40. The molecule has 162 valence electrons. The average molecular weight is 423 g/mol. The van der Waals surface area contributed by atoms with Crippen molar-refractivity contribution >= 4 is 29.6 Å². The van der Waals surface area contributed by atoms with Crippen molar-refractivity contribution in [1.29, 1.82) is 0 Å². The smallest absolute Gasteiger partial charge is 0.329 e. The number of para-hydroxylation sites is 2. The highest BCUT2D eigenvalue weighted by molar-refractivity contribution is 6.16. The lowest BCUT2D eigenvalue weighted by Gasteiger charge is -2.13. The van der Waals surface area contributed by atoms with E-state index in [-0.39, 0.29) is 11.8 Å². The number of amides is 4. The maximum absolute atomic E-state index is 12.6. The minimum Gasteiger partial charge on any atom is -0.495 e. The molecule has 0 radical (unpaired) electrons. The fraction of sp³-hybridized carbons (Fsp3) is 0.261. The Morgan fingerprint density at radius 3 is 2.55 bits per heavy atom. The molecule has 1 saturated heterocycles. The largest absolute Gasteiger partial charge is 0.495 e. The Labute approximate surface area is 180 Å². The van der Waals surface area contributed by atoms with E-state index in [1.807, 2.05) is 13.8 Å². The lowest BCUT2D eigenvalue weighted by molar-refractivity contribution is -0.127. The molecule has 0 unspecified atom stereocenters. The van der Waals surface area contributed by atoms with Crippen molar-refractivity contribution < 1.29 is 23.9 Å². The molecule has 8 heteroatoms. The zero-order valence-corrected chi connectivity index (χ0v) is 17.7. The van der Waals surface area contributed by atoms with Gasteiger partial charge in [-0.1, -0.05) is 31.2 Å². The average Bonchev–Trinajstić information content (AvgIpc) is 3.02. The zero-order chi connectivity index (χ0) is 22.4. The number of ether oxygens (including phenoxy) is 2. The van der Waals surface area contributed by atoms with Crippen LogP contribution in [-0.2, 0) is 9.59 Å². The standard InChI is InChI=1S/C23H25N3O5/c1-4-15(2)31-17-11-9-16(10-12-17)13-19-22(28)26(23(29)25-19)14-21(27)24-18-7-5-6-8-20(18)30-3/h5-13,15H,4,14H2,1-3H3,(H,24,27)(H,25,29)/b19-13+/t15-/m0/s1. The molecular weight excluding hydrogens is 398 g/mol. The number of benzene rings is 2. The Bertz CT molecular complexity index is 1000. The number of anilines is 1. The van der Waals surface area contributed by atoms with Crippen molar-refractivity contribution in [2.45, 2.75) is 26.4 Å². The number of rotatable bonds is 8. The first-order valence-electron chi connectivity index (χ1n) is 9.95. The number of urea groups is 1. The summed E-state index contributed by atoms with van der Waals surface area (Å²) in [6.07, 6.45) is 2.56. The molecule has 8 nitrogen and oxygen atoms in total. The van der Waals surface area contributed by atoms with E-state index in [4.69, 9.17) is 9.47 Å². The van der Waals surface area contributed by atoms with Crippen LogP contribution in [0.3, 0.4) is 0 Å². The molecule has 1 fully saturated rings. The molecule has 0 spiro atoms. The van der Waals surface area contributed by atoms with Gasteiger partial charge in [-0.2, -0.15) is 0 Å². The summed E-state index contributed by atoms with van der Waals surface area (Å²) in [7, 11) is 1.49. The van der Waals surface area contributed by atoms with Crippen LogP contribution in [0.25, 0.3) is 6.08 Å². The van der Waals surface area contributed by atoms with Crippen molar-refractivity contribution in [2.75, 3.05) is 19.0 Å². The van der Waals surface area contributed by atoms with E-state index in [9.17, 15) is 14.4 Å². The minimum absolute atomic E-state index is 0.102. The van der Waals surface area contributed by atoms with E-state index in [2.05, 4.69) is 10.6 Å². The highest BCUT2D eigenvalue weighted by Crippen LogP contribution is 2.23. The number of nitrogens with one attached hydrogen (secondary N) is 2. The van der Waals surface area contributed by atoms with Gasteiger partial charge in [-0.3, -0.25) is 9.59 Å². The van der Waals surface area contributed by atoms with Gasteiger partial charge >= 0.3 is 6.03 Å². The van der Waals surface area contributed by atoms with Crippen LogP contribution in [0.2, 0.25) is 0 Å². The fourth-order valence-corrected chi connectivity index (χ4v) is 2.92. The van der Waals surface area contributed by atoms with Crippen molar-refractivity contribution in [2.24, 2.45) is 0 Å². The summed E-state index contributed by atoms with van der Waals surface area (Å²) >= 11 is 0. The molecule has 2 N–H and O–H groups in total. The zero-order valence-electron chi connectivity index (χ0n) is 17.7. The van der Waals surface area contributed by atoms with Crippen LogP contribution in [0.5, 0.6) is 11.5 Å². The number of imide groups is 1. The number of methoxy groups -OCH3 is 1. The molecule has 1 heterocycles. The van der Waals surface area contributed by atoms with Gasteiger partial charge in [-0.25, -0.2) is 9.69 Å². The summed E-state index contributed by atoms with van der Waals surface area (Å²) in [6, 6.07) is 13.4. The van der Waals surface area contributed by atoms with Crippen LogP contribution < -0.4 is 20.1 Å². The molecule has 2 aromatic carbocycles. The number of nitrogens with zero attached hydrogens (tertiary/aromatic N) is 1. The normalized spacial score (nSPS) is 15.6. The van der Waals surface area contributed by atoms with E-state index in [1.54, 1.807) is 54.6 Å². The van der Waals surface area contributed by atoms with Crippen molar-refractivity contribution in [3.8, 4) is 11.5 Å². The van der Waals surface area contributed by atoms with Crippen LogP contribution in [0.1, 0.15) is 25.8 Å².